The minimum atomic E-state index is -0.390. The van der Waals surface area contributed by atoms with E-state index in [1.54, 1.807) is 0 Å². The van der Waals surface area contributed by atoms with Crippen molar-refractivity contribution in [1.82, 2.24) is 0 Å². The highest BCUT2D eigenvalue weighted by Gasteiger charge is 2.45. The summed E-state index contributed by atoms with van der Waals surface area (Å²) in [5.41, 5.74) is 15.7. The molecule has 0 amide bonds. The second kappa shape index (κ2) is 8.73. The molecule has 2 nitrogen and oxygen atoms in total. The summed E-state index contributed by atoms with van der Waals surface area (Å²) >= 11 is 0. The summed E-state index contributed by atoms with van der Waals surface area (Å²) in [6.07, 6.45) is 0. The van der Waals surface area contributed by atoms with Gasteiger partial charge >= 0.3 is 0 Å². The summed E-state index contributed by atoms with van der Waals surface area (Å²) in [5, 5.41) is 0. The van der Waals surface area contributed by atoms with Crippen molar-refractivity contribution in [1.29, 1.82) is 0 Å². The predicted octanol–water partition coefficient (Wildman–Crippen LogP) is 6.96. The highest BCUT2D eigenvalue weighted by molar-refractivity contribution is 5.97. The fourth-order valence-corrected chi connectivity index (χ4v) is 5.47. The minimum absolute atomic E-state index is 0.390. The van der Waals surface area contributed by atoms with Crippen molar-refractivity contribution >= 4 is 5.84 Å². The standard InChI is InChI=1S/C33H26N2/c34-32(25-12-4-1-5-13-25)35-23-24-20-21-29-28-18-10-11-19-30(28)33(31(29)22-24,26-14-6-2-7-15-26)27-16-8-3-9-17-27/h1-22H,23H2,(H2,34,35). The van der Waals surface area contributed by atoms with Gasteiger partial charge in [-0.1, -0.05) is 133 Å². The van der Waals surface area contributed by atoms with Gasteiger partial charge in [0.1, 0.15) is 5.84 Å². The highest BCUT2D eigenvalue weighted by atomic mass is 14.8. The molecule has 0 radical (unpaired) electrons. The number of nitrogens with two attached hydrogens (primary N) is 1. The van der Waals surface area contributed by atoms with Crippen molar-refractivity contribution in [3.63, 3.8) is 0 Å². The molecule has 0 fully saturated rings. The molecule has 6 rings (SSSR count). The molecule has 0 aromatic heterocycles. The summed E-state index contributed by atoms with van der Waals surface area (Å²) in [7, 11) is 0. The van der Waals surface area contributed by atoms with E-state index in [1.807, 2.05) is 30.3 Å². The van der Waals surface area contributed by atoms with E-state index in [1.165, 1.54) is 33.4 Å². The van der Waals surface area contributed by atoms with Crippen LogP contribution in [0.15, 0.2) is 138 Å². The summed E-state index contributed by atoms with van der Waals surface area (Å²) < 4.78 is 0. The van der Waals surface area contributed by atoms with Crippen molar-refractivity contribution in [2.45, 2.75) is 12.0 Å². The quantitative estimate of drug-likeness (QED) is 0.224. The first-order valence-electron chi connectivity index (χ1n) is 12.0. The van der Waals surface area contributed by atoms with Crippen LogP contribution < -0.4 is 5.73 Å². The van der Waals surface area contributed by atoms with Crippen LogP contribution in [0.1, 0.15) is 33.4 Å². The Kier molecular flexibility index (Phi) is 5.27. The first kappa shape index (κ1) is 21.1. The van der Waals surface area contributed by atoms with Crippen molar-refractivity contribution in [2.75, 3.05) is 0 Å². The Morgan fingerprint density at radius 3 is 1.77 bits per heavy atom. The molecular formula is C33H26N2. The van der Waals surface area contributed by atoms with Crippen molar-refractivity contribution in [3.05, 3.63) is 167 Å². The van der Waals surface area contributed by atoms with Gasteiger partial charge in [-0.2, -0.15) is 0 Å². The molecule has 5 aromatic carbocycles. The molecule has 0 saturated carbocycles. The van der Waals surface area contributed by atoms with Crippen LogP contribution in [-0.2, 0) is 12.0 Å². The molecule has 0 saturated heterocycles. The van der Waals surface area contributed by atoms with Crippen LogP contribution >= 0.6 is 0 Å². The molecule has 1 aliphatic rings. The van der Waals surface area contributed by atoms with Gasteiger partial charge in [0.05, 0.1) is 12.0 Å². The van der Waals surface area contributed by atoms with Gasteiger partial charge in [-0.15, -0.1) is 0 Å². The number of benzene rings is 5. The maximum absolute atomic E-state index is 6.31. The molecule has 1 aliphatic carbocycles. The van der Waals surface area contributed by atoms with Gasteiger partial charge in [0, 0.05) is 5.56 Å². The normalized spacial score (nSPS) is 13.8. The third-order valence-electron chi connectivity index (χ3n) is 7.02. The smallest absolute Gasteiger partial charge is 0.125 e. The van der Waals surface area contributed by atoms with E-state index in [9.17, 15) is 0 Å². The zero-order chi connectivity index (χ0) is 23.7. The third-order valence-corrected chi connectivity index (χ3v) is 7.02. The lowest BCUT2D eigenvalue weighted by atomic mass is 9.67. The van der Waals surface area contributed by atoms with Gasteiger partial charge in [0.25, 0.3) is 0 Å². The second-order valence-corrected chi connectivity index (χ2v) is 8.98. The van der Waals surface area contributed by atoms with E-state index >= 15 is 0 Å². The molecule has 0 bridgehead atoms. The number of nitrogens with zero attached hydrogens (tertiary/aromatic N) is 1. The molecule has 2 N–H and O–H groups in total. The van der Waals surface area contributed by atoms with E-state index in [4.69, 9.17) is 10.7 Å². The van der Waals surface area contributed by atoms with Crippen LogP contribution in [0, 0.1) is 0 Å². The zero-order valence-corrected chi connectivity index (χ0v) is 19.4. The zero-order valence-electron chi connectivity index (χ0n) is 19.4. The Bertz CT molecular complexity index is 1460. The molecular weight excluding hydrogens is 424 g/mol. The Morgan fingerprint density at radius 2 is 1.11 bits per heavy atom. The molecule has 0 aliphatic heterocycles. The van der Waals surface area contributed by atoms with Crippen LogP contribution in [0.25, 0.3) is 11.1 Å². The fourth-order valence-electron chi connectivity index (χ4n) is 5.47. The van der Waals surface area contributed by atoms with Gasteiger partial charge in [0.15, 0.2) is 0 Å². The lowest BCUT2D eigenvalue weighted by Gasteiger charge is -2.34. The van der Waals surface area contributed by atoms with Gasteiger partial charge in [-0.25, -0.2) is 0 Å². The molecule has 2 heteroatoms. The Hall–Kier alpha value is -4.43. The van der Waals surface area contributed by atoms with Crippen molar-refractivity contribution < 1.29 is 0 Å². The van der Waals surface area contributed by atoms with Gasteiger partial charge < -0.3 is 5.73 Å². The van der Waals surface area contributed by atoms with Crippen LogP contribution in [0.2, 0.25) is 0 Å². The molecule has 168 valence electrons. The van der Waals surface area contributed by atoms with Gasteiger partial charge in [0.2, 0.25) is 0 Å². The Balaban J connectivity index is 1.55. The lowest BCUT2D eigenvalue weighted by molar-refractivity contribution is 0.766. The van der Waals surface area contributed by atoms with E-state index in [-0.39, 0.29) is 5.41 Å². The molecule has 5 aromatic rings. The predicted molar refractivity (Wildman–Crippen MR) is 145 cm³/mol. The number of hydrogen-bond donors (Lipinski definition) is 1. The van der Waals surface area contributed by atoms with Crippen LogP contribution in [-0.4, -0.2) is 5.84 Å². The van der Waals surface area contributed by atoms with E-state index < -0.39 is 0 Å². The summed E-state index contributed by atoms with van der Waals surface area (Å²) in [6.45, 7) is 0.532. The fraction of sp³-hybridized carbons (Fsp3) is 0.0606. The topological polar surface area (TPSA) is 38.4 Å². The van der Waals surface area contributed by atoms with Gasteiger partial charge in [-0.3, -0.25) is 4.99 Å². The number of amidine groups is 1. The van der Waals surface area contributed by atoms with E-state index in [2.05, 4.69) is 103 Å². The average molecular weight is 451 g/mol. The highest BCUT2D eigenvalue weighted by Crippen LogP contribution is 2.56. The van der Waals surface area contributed by atoms with E-state index in [0.29, 0.717) is 12.4 Å². The van der Waals surface area contributed by atoms with Crippen molar-refractivity contribution in [2.24, 2.45) is 10.7 Å². The first-order valence-corrected chi connectivity index (χ1v) is 12.0. The summed E-state index contributed by atoms with van der Waals surface area (Å²) in [6, 6.07) is 47.2. The number of aliphatic imine (C=N–C) groups is 1. The maximum atomic E-state index is 6.31. The number of hydrogen-bond acceptors (Lipinski definition) is 1. The molecule has 0 atom stereocenters. The summed E-state index contributed by atoms with van der Waals surface area (Å²) in [5.74, 6) is 0.562. The number of fused-ring (bicyclic) bond motifs is 3. The number of rotatable bonds is 5. The lowest BCUT2D eigenvalue weighted by Crippen LogP contribution is -2.28. The molecule has 0 heterocycles. The SMILES string of the molecule is NC(=NCc1ccc2c(c1)C(c1ccccc1)(c1ccccc1)c1ccccc1-2)c1ccccc1. The van der Waals surface area contributed by atoms with Crippen molar-refractivity contribution in [3.8, 4) is 11.1 Å². The molecule has 35 heavy (non-hydrogen) atoms. The summed E-state index contributed by atoms with van der Waals surface area (Å²) in [4.78, 5) is 4.73. The van der Waals surface area contributed by atoms with Gasteiger partial charge in [-0.05, 0) is 38.9 Å². The average Bonchev–Trinajstić information content (AvgIpc) is 3.23. The molecule has 0 unspecified atom stereocenters. The van der Waals surface area contributed by atoms with Crippen LogP contribution in [0.3, 0.4) is 0 Å². The Labute approximate surface area is 206 Å². The Morgan fingerprint density at radius 1 is 0.571 bits per heavy atom. The minimum Gasteiger partial charge on any atom is -0.383 e. The maximum Gasteiger partial charge on any atom is 0.125 e. The largest absolute Gasteiger partial charge is 0.383 e. The van der Waals surface area contributed by atoms with Crippen LogP contribution in [0.5, 0.6) is 0 Å². The van der Waals surface area contributed by atoms with Crippen LogP contribution in [0.4, 0.5) is 0 Å². The monoisotopic (exact) mass is 450 g/mol. The second-order valence-electron chi connectivity index (χ2n) is 8.98. The van der Waals surface area contributed by atoms with E-state index in [0.717, 1.165) is 11.1 Å². The molecule has 0 spiro atoms. The third kappa shape index (κ3) is 3.46. The first-order chi connectivity index (χ1) is 17.3.